The van der Waals surface area contributed by atoms with Gasteiger partial charge in [-0.1, -0.05) is 12.1 Å². The molecule has 0 aliphatic carbocycles. The Bertz CT molecular complexity index is 533. The number of hydrogen-bond acceptors (Lipinski definition) is 3. The summed E-state index contributed by atoms with van der Waals surface area (Å²) in [7, 11) is 1.43. The van der Waals surface area contributed by atoms with E-state index in [-0.39, 0.29) is 18.2 Å². The number of ether oxygens (including phenoxy) is 2. The molecule has 4 heteroatoms. The van der Waals surface area contributed by atoms with Gasteiger partial charge in [0.05, 0.1) is 24.9 Å². The molecule has 19 heavy (non-hydrogen) atoms. The molecule has 3 nitrogen and oxygen atoms in total. The Kier molecular flexibility index (Phi) is 3.62. The van der Waals surface area contributed by atoms with Crippen LogP contribution in [0.2, 0.25) is 0 Å². The molecule has 2 aliphatic rings. The van der Waals surface area contributed by atoms with Crippen molar-refractivity contribution in [2.75, 3.05) is 7.11 Å². The van der Waals surface area contributed by atoms with Crippen molar-refractivity contribution in [3.63, 3.8) is 0 Å². The number of carbonyl (C=O) groups is 1. The normalized spacial score (nSPS) is 25.6. The van der Waals surface area contributed by atoms with Gasteiger partial charge in [-0.2, -0.15) is 0 Å². The van der Waals surface area contributed by atoms with E-state index in [4.69, 9.17) is 9.47 Å². The van der Waals surface area contributed by atoms with Crippen LogP contribution in [0.3, 0.4) is 0 Å². The molecule has 1 fully saturated rings. The summed E-state index contributed by atoms with van der Waals surface area (Å²) in [6.07, 6.45) is 2.93. The molecule has 3 rings (SSSR count). The van der Waals surface area contributed by atoms with E-state index in [0.29, 0.717) is 0 Å². The molecule has 1 saturated heterocycles. The number of halogens is 1. The van der Waals surface area contributed by atoms with Gasteiger partial charge in [-0.25, -0.2) is 4.79 Å². The van der Waals surface area contributed by atoms with Crippen molar-refractivity contribution in [3.05, 3.63) is 39.0 Å². The zero-order valence-corrected chi connectivity index (χ0v) is 12.8. The van der Waals surface area contributed by atoms with Gasteiger partial charge in [-0.15, -0.1) is 0 Å². The molecule has 2 heterocycles. The van der Waals surface area contributed by atoms with Gasteiger partial charge in [0.15, 0.2) is 0 Å². The molecule has 0 radical (unpaired) electrons. The quantitative estimate of drug-likeness (QED) is 0.593. The van der Waals surface area contributed by atoms with Gasteiger partial charge in [0.25, 0.3) is 0 Å². The average molecular weight is 370 g/mol. The minimum Gasteiger partial charge on any atom is -0.466 e. The summed E-state index contributed by atoms with van der Waals surface area (Å²) in [6.45, 7) is 0. The molecule has 100 valence electrons. The minimum atomic E-state index is -0.251. The molecule has 2 aliphatic heterocycles. The van der Waals surface area contributed by atoms with Crippen molar-refractivity contribution in [1.29, 1.82) is 0 Å². The van der Waals surface area contributed by atoms with Crippen LogP contribution in [0, 0.1) is 3.57 Å². The number of rotatable bonds is 2. The van der Waals surface area contributed by atoms with Gasteiger partial charge in [-0.05, 0) is 65.1 Å². The van der Waals surface area contributed by atoms with Gasteiger partial charge < -0.3 is 9.47 Å². The van der Waals surface area contributed by atoms with E-state index in [1.165, 1.54) is 10.7 Å². The highest BCUT2D eigenvalue weighted by atomic mass is 127. The second kappa shape index (κ2) is 5.25. The van der Waals surface area contributed by atoms with Crippen molar-refractivity contribution in [3.8, 4) is 0 Å². The van der Waals surface area contributed by atoms with E-state index in [1.54, 1.807) is 0 Å². The zero-order valence-electron chi connectivity index (χ0n) is 10.7. The Morgan fingerprint density at radius 3 is 2.74 bits per heavy atom. The van der Waals surface area contributed by atoms with Gasteiger partial charge >= 0.3 is 5.97 Å². The molecule has 0 aromatic heterocycles. The van der Waals surface area contributed by atoms with Crippen LogP contribution in [-0.4, -0.2) is 25.3 Å². The average Bonchev–Trinajstić information content (AvgIpc) is 2.80. The second-order valence-electron chi connectivity index (χ2n) is 4.92. The monoisotopic (exact) mass is 370 g/mol. The van der Waals surface area contributed by atoms with Crippen molar-refractivity contribution in [2.24, 2.45) is 0 Å². The van der Waals surface area contributed by atoms with E-state index in [0.717, 1.165) is 36.0 Å². The third kappa shape index (κ3) is 2.43. The van der Waals surface area contributed by atoms with Crippen LogP contribution in [0.4, 0.5) is 0 Å². The van der Waals surface area contributed by atoms with Gasteiger partial charge in [0.2, 0.25) is 0 Å². The summed E-state index contributed by atoms with van der Waals surface area (Å²) >= 11 is 2.28. The summed E-state index contributed by atoms with van der Waals surface area (Å²) in [5.74, 6) is -0.251. The lowest BCUT2D eigenvalue weighted by atomic mass is 9.92. The lowest BCUT2D eigenvalue weighted by molar-refractivity contribution is -0.137. The molecule has 0 saturated carbocycles. The Morgan fingerprint density at radius 2 is 2.05 bits per heavy atom. The van der Waals surface area contributed by atoms with E-state index >= 15 is 0 Å². The maximum Gasteiger partial charge on any atom is 0.336 e. The van der Waals surface area contributed by atoms with Gasteiger partial charge in [-0.3, -0.25) is 0 Å². The lowest BCUT2D eigenvalue weighted by Crippen LogP contribution is -2.26. The maximum atomic E-state index is 12.0. The fourth-order valence-corrected chi connectivity index (χ4v) is 3.25. The van der Waals surface area contributed by atoms with Crippen molar-refractivity contribution in [1.82, 2.24) is 0 Å². The van der Waals surface area contributed by atoms with E-state index < -0.39 is 0 Å². The third-order valence-electron chi connectivity index (χ3n) is 3.78. The Labute approximate surface area is 126 Å². The largest absolute Gasteiger partial charge is 0.466 e. The fraction of sp³-hybridized carbons (Fsp3) is 0.400. The number of hydrogen-bond donors (Lipinski definition) is 0. The number of esters is 1. The molecule has 0 unspecified atom stereocenters. The minimum absolute atomic E-state index is 0.0829. The molecular weight excluding hydrogens is 355 g/mol. The molecule has 0 spiro atoms. The number of carbonyl (C=O) groups excluding carboxylic acids is 1. The third-order valence-corrected chi connectivity index (χ3v) is 4.50. The first-order valence-electron chi connectivity index (χ1n) is 6.42. The Balaban J connectivity index is 2.07. The maximum absolute atomic E-state index is 12.0. The fourth-order valence-electron chi connectivity index (χ4n) is 2.89. The smallest absolute Gasteiger partial charge is 0.336 e. The van der Waals surface area contributed by atoms with Crippen LogP contribution >= 0.6 is 22.6 Å². The molecule has 1 aromatic rings. The summed E-state index contributed by atoms with van der Waals surface area (Å²) < 4.78 is 12.0. The molecule has 1 aromatic carbocycles. The first-order valence-corrected chi connectivity index (χ1v) is 7.49. The number of benzene rings is 1. The van der Waals surface area contributed by atoms with Crippen molar-refractivity contribution >= 4 is 34.1 Å². The molecule has 0 amide bonds. The predicted octanol–water partition coefficient (Wildman–Crippen LogP) is 3.17. The molecular formula is C15H15IO3. The SMILES string of the molecule is COC(=O)C1=C(c2ccc(I)cc2)C[C@@H]2CC[C@H]1O2. The molecule has 2 atom stereocenters. The van der Waals surface area contributed by atoms with Crippen LogP contribution in [0.5, 0.6) is 0 Å². The lowest BCUT2D eigenvalue weighted by Gasteiger charge is -2.26. The highest BCUT2D eigenvalue weighted by Crippen LogP contribution is 2.41. The Hall–Kier alpha value is -0.880. The highest BCUT2D eigenvalue weighted by molar-refractivity contribution is 14.1. The highest BCUT2D eigenvalue weighted by Gasteiger charge is 2.39. The van der Waals surface area contributed by atoms with Crippen molar-refractivity contribution < 1.29 is 14.3 Å². The van der Waals surface area contributed by atoms with Crippen molar-refractivity contribution in [2.45, 2.75) is 31.5 Å². The van der Waals surface area contributed by atoms with Crippen LogP contribution in [0.25, 0.3) is 5.57 Å². The first kappa shape index (κ1) is 13.1. The summed E-state index contributed by atoms with van der Waals surface area (Å²) in [4.78, 5) is 12.0. The van der Waals surface area contributed by atoms with Crippen LogP contribution in [0.1, 0.15) is 24.8 Å². The first-order chi connectivity index (χ1) is 9.19. The second-order valence-corrected chi connectivity index (χ2v) is 6.16. The van der Waals surface area contributed by atoms with Crippen LogP contribution < -0.4 is 0 Å². The standard InChI is InChI=1S/C15H15IO3/c1-18-15(17)14-12(8-11-6-7-13(14)19-11)9-2-4-10(16)5-3-9/h2-5,11,13H,6-8H2,1H3/t11-,13+/m0/s1. The van der Waals surface area contributed by atoms with E-state index in [9.17, 15) is 4.79 Å². The Morgan fingerprint density at radius 1 is 1.32 bits per heavy atom. The molecule has 0 N–H and O–H groups in total. The summed E-state index contributed by atoms with van der Waals surface area (Å²) in [5.41, 5.74) is 2.93. The van der Waals surface area contributed by atoms with Gasteiger partial charge in [0.1, 0.15) is 0 Å². The van der Waals surface area contributed by atoms with Gasteiger partial charge in [0, 0.05) is 3.57 Å². The zero-order chi connectivity index (χ0) is 13.4. The number of fused-ring (bicyclic) bond motifs is 2. The summed E-state index contributed by atoms with van der Waals surface area (Å²) in [6, 6.07) is 8.28. The van der Waals surface area contributed by atoms with E-state index in [1.807, 2.05) is 0 Å². The topological polar surface area (TPSA) is 35.5 Å². The van der Waals surface area contributed by atoms with Crippen LogP contribution in [-0.2, 0) is 14.3 Å². The van der Waals surface area contributed by atoms with Crippen LogP contribution in [0.15, 0.2) is 29.8 Å². The number of methoxy groups -OCH3 is 1. The summed E-state index contributed by atoms with van der Waals surface area (Å²) in [5, 5.41) is 0. The van der Waals surface area contributed by atoms with E-state index in [2.05, 4.69) is 46.9 Å². The predicted molar refractivity (Wildman–Crippen MR) is 80.6 cm³/mol. The molecule has 2 bridgehead atoms.